The maximum Gasteiger partial charge on any atom is 0.339 e. The van der Waals surface area contributed by atoms with Crippen molar-refractivity contribution >= 4 is 22.8 Å². The second kappa shape index (κ2) is 11.6. The standard InChI is InChI=1S/C32H31FN2O4/c1-20(36)34-18-17-25-24-16-15-23(33)19-26(24)35-30(25)28(22-12-6-3-7-13-22)29-31(37)27(39-32(29)38)14-8-11-21-9-4-2-5-10-21/h2-7,9-10,12-13,15-16,19,27-28,35,37H,8,11,14,17-18H2,1H3,(H,34,36). The number of aryl methyl sites for hydroxylation is 1. The molecule has 3 N–H and O–H groups in total. The summed E-state index contributed by atoms with van der Waals surface area (Å²) < 4.78 is 19.9. The number of nitrogens with one attached hydrogen (secondary N) is 2. The lowest BCUT2D eigenvalue weighted by atomic mass is 9.84. The highest BCUT2D eigenvalue weighted by atomic mass is 19.1. The first-order chi connectivity index (χ1) is 18.9. The number of hydrogen-bond donors (Lipinski definition) is 3. The Kier molecular flexibility index (Phi) is 7.77. The average Bonchev–Trinajstić information content (AvgIpc) is 3.41. The lowest BCUT2D eigenvalue weighted by Crippen LogP contribution is -2.23. The van der Waals surface area contributed by atoms with Crippen molar-refractivity contribution in [1.29, 1.82) is 0 Å². The van der Waals surface area contributed by atoms with Crippen LogP contribution < -0.4 is 5.32 Å². The Morgan fingerprint density at radius 2 is 1.77 bits per heavy atom. The zero-order valence-corrected chi connectivity index (χ0v) is 21.7. The number of carbonyl (C=O) groups is 2. The van der Waals surface area contributed by atoms with Crippen LogP contribution in [0.4, 0.5) is 4.39 Å². The molecular formula is C32H31FN2O4. The van der Waals surface area contributed by atoms with Gasteiger partial charge in [-0.2, -0.15) is 0 Å². The highest BCUT2D eigenvalue weighted by Gasteiger charge is 2.41. The largest absolute Gasteiger partial charge is 0.508 e. The predicted octanol–water partition coefficient (Wildman–Crippen LogP) is 5.88. The van der Waals surface area contributed by atoms with Crippen LogP contribution in [0.15, 0.2) is 90.2 Å². The minimum Gasteiger partial charge on any atom is -0.508 e. The summed E-state index contributed by atoms with van der Waals surface area (Å²) in [6.45, 7) is 1.82. The summed E-state index contributed by atoms with van der Waals surface area (Å²) in [6.07, 6.45) is 1.76. The Balaban J connectivity index is 1.54. The van der Waals surface area contributed by atoms with E-state index in [0.717, 1.165) is 29.4 Å². The summed E-state index contributed by atoms with van der Waals surface area (Å²) in [5.74, 6) is -1.84. The van der Waals surface area contributed by atoms with Crippen LogP contribution in [0.1, 0.15) is 48.1 Å². The predicted molar refractivity (Wildman–Crippen MR) is 148 cm³/mol. The molecule has 2 unspecified atom stereocenters. The number of esters is 1. The van der Waals surface area contributed by atoms with Crippen LogP contribution in [0.3, 0.4) is 0 Å². The van der Waals surface area contributed by atoms with Crippen molar-refractivity contribution in [3.05, 3.63) is 118 Å². The van der Waals surface area contributed by atoms with Gasteiger partial charge in [-0.3, -0.25) is 4.79 Å². The van der Waals surface area contributed by atoms with E-state index in [1.165, 1.54) is 24.6 Å². The average molecular weight is 527 g/mol. The molecule has 0 radical (unpaired) electrons. The third kappa shape index (κ3) is 5.72. The zero-order chi connectivity index (χ0) is 27.4. The number of aromatic amines is 1. The van der Waals surface area contributed by atoms with Crippen LogP contribution >= 0.6 is 0 Å². The Hall–Kier alpha value is -4.39. The van der Waals surface area contributed by atoms with Gasteiger partial charge in [-0.15, -0.1) is 0 Å². The summed E-state index contributed by atoms with van der Waals surface area (Å²) in [5.41, 5.74) is 4.23. The molecule has 3 aromatic carbocycles. The number of halogens is 1. The smallest absolute Gasteiger partial charge is 0.339 e. The zero-order valence-electron chi connectivity index (χ0n) is 21.7. The van der Waals surface area contributed by atoms with Crippen LogP contribution in [0.25, 0.3) is 10.9 Å². The molecule has 1 aliphatic rings. The molecule has 0 aliphatic carbocycles. The van der Waals surface area contributed by atoms with Crippen LogP contribution in [-0.2, 0) is 27.2 Å². The number of benzene rings is 3. The summed E-state index contributed by atoms with van der Waals surface area (Å²) in [6, 6.07) is 24.0. The topological polar surface area (TPSA) is 91.4 Å². The first-order valence-corrected chi connectivity index (χ1v) is 13.2. The van der Waals surface area contributed by atoms with E-state index in [0.29, 0.717) is 30.6 Å². The third-order valence-electron chi connectivity index (χ3n) is 7.19. The van der Waals surface area contributed by atoms with Gasteiger partial charge in [0.1, 0.15) is 11.6 Å². The second-order valence-corrected chi connectivity index (χ2v) is 9.85. The summed E-state index contributed by atoms with van der Waals surface area (Å²) in [5, 5.41) is 15.0. The van der Waals surface area contributed by atoms with E-state index in [4.69, 9.17) is 4.74 Å². The Morgan fingerprint density at radius 3 is 2.49 bits per heavy atom. The number of aromatic nitrogens is 1. The van der Waals surface area contributed by atoms with Gasteiger partial charge in [0, 0.05) is 30.1 Å². The van der Waals surface area contributed by atoms with Crippen LogP contribution in [0.5, 0.6) is 0 Å². The first kappa shape index (κ1) is 26.2. The molecule has 1 amide bonds. The van der Waals surface area contributed by atoms with Crippen molar-refractivity contribution in [3.63, 3.8) is 0 Å². The fraction of sp³-hybridized carbons (Fsp3) is 0.250. The van der Waals surface area contributed by atoms with Crippen molar-refractivity contribution < 1.29 is 23.8 Å². The molecule has 0 spiro atoms. The van der Waals surface area contributed by atoms with Gasteiger partial charge in [-0.05, 0) is 60.6 Å². The summed E-state index contributed by atoms with van der Waals surface area (Å²) in [4.78, 5) is 28.2. The molecule has 0 bridgehead atoms. The van der Waals surface area contributed by atoms with Gasteiger partial charge in [-0.1, -0.05) is 60.7 Å². The minimum absolute atomic E-state index is 0.0698. The molecule has 1 aliphatic heterocycles. The number of fused-ring (bicyclic) bond motifs is 1. The van der Waals surface area contributed by atoms with Gasteiger partial charge in [0.2, 0.25) is 5.91 Å². The fourth-order valence-corrected chi connectivity index (χ4v) is 5.38. The number of cyclic esters (lactones) is 1. The maximum absolute atomic E-state index is 14.2. The molecule has 0 saturated heterocycles. The van der Waals surface area contributed by atoms with Gasteiger partial charge < -0.3 is 20.1 Å². The Morgan fingerprint density at radius 1 is 1.05 bits per heavy atom. The van der Waals surface area contributed by atoms with Crippen molar-refractivity contribution in [1.82, 2.24) is 10.3 Å². The van der Waals surface area contributed by atoms with Crippen LogP contribution in [0.2, 0.25) is 0 Å². The summed E-state index contributed by atoms with van der Waals surface area (Å²) >= 11 is 0. The number of amides is 1. The van der Waals surface area contributed by atoms with Crippen LogP contribution in [-0.4, -0.2) is 34.6 Å². The molecular weight excluding hydrogens is 495 g/mol. The van der Waals surface area contributed by atoms with Crippen molar-refractivity contribution in [2.75, 3.05) is 6.54 Å². The molecule has 4 aromatic rings. The maximum atomic E-state index is 14.2. The Bertz CT molecular complexity index is 1510. The van der Waals surface area contributed by atoms with E-state index in [1.54, 1.807) is 6.07 Å². The highest BCUT2D eigenvalue weighted by molar-refractivity contribution is 5.95. The highest BCUT2D eigenvalue weighted by Crippen LogP contribution is 2.42. The molecule has 1 aromatic heterocycles. The molecule has 0 saturated carbocycles. The lowest BCUT2D eigenvalue weighted by Gasteiger charge is -2.19. The van der Waals surface area contributed by atoms with Crippen LogP contribution in [0, 0.1) is 5.82 Å². The second-order valence-electron chi connectivity index (χ2n) is 9.85. The van der Waals surface area contributed by atoms with E-state index >= 15 is 0 Å². The number of ether oxygens (including phenoxy) is 1. The van der Waals surface area contributed by atoms with Crippen molar-refractivity contribution in [3.8, 4) is 0 Å². The molecule has 39 heavy (non-hydrogen) atoms. The van der Waals surface area contributed by atoms with Gasteiger partial charge in [0.15, 0.2) is 6.10 Å². The molecule has 7 heteroatoms. The quantitative estimate of drug-likeness (QED) is 0.225. The van der Waals surface area contributed by atoms with Gasteiger partial charge in [0.05, 0.1) is 11.5 Å². The number of aliphatic hydroxyl groups is 1. The molecule has 5 rings (SSSR count). The molecule has 200 valence electrons. The van der Waals surface area contributed by atoms with E-state index in [1.807, 2.05) is 48.5 Å². The van der Waals surface area contributed by atoms with Gasteiger partial charge >= 0.3 is 5.97 Å². The third-order valence-corrected chi connectivity index (χ3v) is 7.19. The number of carbonyl (C=O) groups excluding carboxylic acids is 2. The SMILES string of the molecule is CC(=O)NCCc1c(C(C2=C(O)C(CCCc3ccccc3)OC2=O)c2ccccc2)[nH]c2cc(F)ccc12. The van der Waals surface area contributed by atoms with Crippen molar-refractivity contribution in [2.45, 2.75) is 44.6 Å². The lowest BCUT2D eigenvalue weighted by molar-refractivity contribution is -0.140. The molecule has 2 heterocycles. The van der Waals surface area contributed by atoms with E-state index in [-0.39, 0.29) is 23.1 Å². The molecule has 2 atom stereocenters. The normalized spacial score (nSPS) is 15.9. The summed E-state index contributed by atoms with van der Waals surface area (Å²) in [7, 11) is 0. The monoisotopic (exact) mass is 526 g/mol. The minimum atomic E-state index is -0.730. The molecule has 0 fully saturated rings. The van der Waals surface area contributed by atoms with Gasteiger partial charge in [0.25, 0.3) is 0 Å². The number of hydrogen-bond acceptors (Lipinski definition) is 4. The molecule has 6 nitrogen and oxygen atoms in total. The van der Waals surface area contributed by atoms with Crippen molar-refractivity contribution in [2.24, 2.45) is 0 Å². The number of aliphatic hydroxyl groups excluding tert-OH is 1. The number of rotatable bonds is 10. The Labute approximate surface area is 226 Å². The van der Waals surface area contributed by atoms with E-state index in [9.17, 15) is 19.1 Å². The van der Waals surface area contributed by atoms with E-state index in [2.05, 4.69) is 22.4 Å². The van der Waals surface area contributed by atoms with E-state index < -0.39 is 18.0 Å². The number of H-pyrrole nitrogens is 1. The first-order valence-electron chi connectivity index (χ1n) is 13.2. The van der Waals surface area contributed by atoms with Gasteiger partial charge in [-0.25, -0.2) is 9.18 Å². The fourth-order valence-electron chi connectivity index (χ4n) is 5.38.